The molecular weight excluding hydrogens is 237 g/mol. The molecule has 16 heavy (non-hydrogen) atoms. The van der Waals surface area contributed by atoms with Gasteiger partial charge < -0.3 is 0 Å². The molecule has 0 saturated heterocycles. The van der Waals surface area contributed by atoms with Crippen LogP contribution in [0.2, 0.25) is 5.02 Å². The Kier molecular flexibility index (Phi) is 2.43. The summed E-state index contributed by atoms with van der Waals surface area (Å²) >= 11 is 5.58. The molecule has 84 valence electrons. The van der Waals surface area contributed by atoms with Crippen molar-refractivity contribution < 1.29 is 13.2 Å². The van der Waals surface area contributed by atoms with Gasteiger partial charge in [0.05, 0.1) is 11.0 Å². The predicted molar refractivity (Wildman–Crippen MR) is 56.2 cm³/mol. The quantitative estimate of drug-likeness (QED) is 0.655. The summed E-state index contributed by atoms with van der Waals surface area (Å²) in [4.78, 5) is 0. The van der Waals surface area contributed by atoms with Gasteiger partial charge in [-0.3, -0.25) is 0 Å². The average Bonchev–Trinajstić information content (AvgIpc) is 2.97. The third-order valence-electron chi connectivity index (χ3n) is 2.83. The van der Waals surface area contributed by atoms with Crippen LogP contribution in [0.4, 0.5) is 13.2 Å². The van der Waals surface area contributed by atoms with Crippen molar-refractivity contribution in [3.05, 3.63) is 34.3 Å². The molecule has 0 unspecified atom stereocenters. The maximum Gasteiger partial charge on any atom is 0.416 e. The second-order valence-corrected chi connectivity index (χ2v) is 4.35. The molecule has 0 aromatic heterocycles. The summed E-state index contributed by atoms with van der Waals surface area (Å²) in [6, 6.07) is 3.77. The van der Waals surface area contributed by atoms with E-state index in [1.807, 2.05) is 0 Å². The van der Waals surface area contributed by atoms with Crippen molar-refractivity contribution in [2.45, 2.75) is 24.4 Å². The third kappa shape index (κ3) is 1.78. The molecule has 0 aliphatic heterocycles. The lowest BCUT2D eigenvalue weighted by molar-refractivity contribution is -0.138. The Morgan fingerprint density at radius 1 is 1.31 bits per heavy atom. The van der Waals surface area contributed by atoms with Crippen molar-refractivity contribution in [2.24, 2.45) is 0 Å². The maximum absolute atomic E-state index is 12.8. The molecule has 1 fully saturated rings. The van der Waals surface area contributed by atoms with Crippen LogP contribution in [0.15, 0.2) is 18.2 Å². The summed E-state index contributed by atoms with van der Waals surface area (Å²) in [6.45, 7) is 0. The fraction of sp³-hybridized carbons (Fsp3) is 0.333. The minimum absolute atomic E-state index is 0.0731. The fourth-order valence-corrected chi connectivity index (χ4v) is 1.96. The average molecular weight is 245 g/mol. The summed E-state index contributed by atoms with van der Waals surface area (Å²) in [5.41, 5.74) is -1.27. The van der Waals surface area contributed by atoms with Crippen LogP contribution in [0.3, 0.4) is 0 Å². The first-order valence-corrected chi connectivity index (χ1v) is 5.12. The Hall–Kier alpha value is -1.14. The second-order valence-electron chi connectivity index (χ2n) is 3.91. The normalized spacial score (nSPS) is 17.9. The molecule has 0 heterocycles. The number of halogens is 4. The smallest absolute Gasteiger partial charge is 0.166 e. The topological polar surface area (TPSA) is 0 Å². The van der Waals surface area contributed by atoms with Gasteiger partial charge in [-0.2, -0.15) is 13.2 Å². The van der Waals surface area contributed by atoms with Crippen LogP contribution in [-0.2, 0) is 11.6 Å². The largest absolute Gasteiger partial charge is 0.416 e. The van der Waals surface area contributed by atoms with E-state index in [0.29, 0.717) is 12.8 Å². The van der Waals surface area contributed by atoms with Gasteiger partial charge in [0.15, 0.2) is 0 Å². The van der Waals surface area contributed by atoms with Crippen LogP contribution in [0.5, 0.6) is 0 Å². The van der Waals surface area contributed by atoms with Gasteiger partial charge in [0, 0.05) is 5.02 Å². The van der Waals surface area contributed by atoms with Crippen molar-refractivity contribution in [2.75, 3.05) is 0 Å². The first-order valence-electron chi connectivity index (χ1n) is 4.74. The van der Waals surface area contributed by atoms with Crippen molar-refractivity contribution in [3.63, 3.8) is 0 Å². The van der Waals surface area contributed by atoms with Crippen molar-refractivity contribution >= 4 is 11.6 Å². The number of benzene rings is 1. The van der Waals surface area contributed by atoms with E-state index in [0.717, 1.165) is 6.07 Å². The molecule has 0 radical (unpaired) electrons. The highest BCUT2D eigenvalue weighted by molar-refractivity contribution is 6.30. The standard InChI is InChI=1S/C12H8ClF3/c1-2-11(5-6-11)9-4-3-8(13)7-10(9)12(14,15)16/h1,3-4,7H,5-6H2. The molecule has 1 saturated carbocycles. The molecule has 0 bridgehead atoms. The molecule has 0 spiro atoms. The molecule has 1 aromatic carbocycles. The molecule has 1 aliphatic rings. The molecule has 1 aliphatic carbocycles. The molecule has 0 amide bonds. The van der Waals surface area contributed by atoms with Crippen LogP contribution in [0.1, 0.15) is 24.0 Å². The van der Waals surface area contributed by atoms with Crippen molar-refractivity contribution in [3.8, 4) is 12.3 Å². The van der Waals surface area contributed by atoms with E-state index >= 15 is 0 Å². The van der Waals surface area contributed by atoms with E-state index in [2.05, 4.69) is 5.92 Å². The van der Waals surface area contributed by atoms with E-state index in [1.54, 1.807) is 0 Å². The highest BCUT2D eigenvalue weighted by Crippen LogP contribution is 2.51. The zero-order valence-corrected chi connectivity index (χ0v) is 8.99. The van der Waals surface area contributed by atoms with Crippen LogP contribution < -0.4 is 0 Å². The molecule has 0 N–H and O–H groups in total. The summed E-state index contributed by atoms with van der Waals surface area (Å²) in [7, 11) is 0. The Balaban J connectivity index is 2.59. The molecule has 0 nitrogen and oxygen atoms in total. The monoisotopic (exact) mass is 244 g/mol. The summed E-state index contributed by atoms with van der Waals surface area (Å²) in [5, 5.41) is 0.0731. The van der Waals surface area contributed by atoms with E-state index in [-0.39, 0.29) is 10.6 Å². The van der Waals surface area contributed by atoms with Crippen LogP contribution >= 0.6 is 11.6 Å². The lowest BCUT2D eigenvalue weighted by Gasteiger charge is -2.17. The van der Waals surface area contributed by atoms with Crippen molar-refractivity contribution in [1.82, 2.24) is 0 Å². The minimum Gasteiger partial charge on any atom is -0.166 e. The van der Waals surface area contributed by atoms with Crippen molar-refractivity contribution in [1.29, 1.82) is 0 Å². The first-order chi connectivity index (χ1) is 7.39. The number of alkyl halides is 3. The summed E-state index contributed by atoms with van der Waals surface area (Å²) < 4.78 is 38.4. The zero-order valence-electron chi connectivity index (χ0n) is 8.24. The first kappa shape index (κ1) is 11.3. The number of terminal acetylenes is 1. The van der Waals surface area contributed by atoms with Gasteiger partial charge in [0.2, 0.25) is 0 Å². The van der Waals surface area contributed by atoms with E-state index < -0.39 is 17.2 Å². The Morgan fingerprint density at radius 3 is 2.38 bits per heavy atom. The van der Waals surface area contributed by atoms with Gasteiger partial charge in [0.1, 0.15) is 0 Å². The van der Waals surface area contributed by atoms with Gasteiger partial charge in [0.25, 0.3) is 0 Å². The van der Waals surface area contributed by atoms with Gasteiger partial charge in [-0.05, 0) is 30.5 Å². The molecule has 4 heteroatoms. The molecular formula is C12H8ClF3. The third-order valence-corrected chi connectivity index (χ3v) is 3.06. The van der Waals surface area contributed by atoms with Crippen LogP contribution in [0.25, 0.3) is 0 Å². The zero-order chi connectivity index (χ0) is 12.0. The highest BCUT2D eigenvalue weighted by Gasteiger charge is 2.48. The lowest BCUT2D eigenvalue weighted by atomic mass is 9.92. The Bertz CT molecular complexity index is 464. The van der Waals surface area contributed by atoms with E-state index in [1.165, 1.54) is 12.1 Å². The SMILES string of the molecule is C#CC1(c2ccc(Cl)cc2C(F)(F)F)CC1. The highest BCUT2D eigenvalue weighted by atomic mass is 35.5. The number of hydrogen-bond donors (Lipinski definition) is 0. The lowest BCUT2D eigenvalue weighted by Crippen LogP contribution is -2.15. The van der Waals surface area contributed by atoms with Gasteiger partial charge in [-0.15, -0.1) is 6.42 Å². The Morgan fingerprint density at radius 2 is 1.94 bits per heavy atom. The molecule has 2 rings (SSSR count). The summed E-state index contributed by atoms with van der Waals surface area (Å²) in [6.07, 6.45) is 2.10. The Labute approximate surface area is 96.4 Å². The number of hydrogen-bond acceptors (Lipinski definition) is 0. The maximum atomic E-state index is 12.8. The van der Waals surface area contributed by atoms with Gasteiger partial charge in [-0.1, -0.05) is 23.6 Å². The molecule has 1 aromatic rings. The number of rotatable bonds is 1. The fourth-order valence-electron chi connectivity index (χ4n) is 1.78. The van der Waals surface area contributed by atoms with Gasteiger partial charge >= 0.3 is 6.18 Å². The van der Waals surface area contributed by atoms with Crippen LogP contribution in [0, 0.1) is 12.3 Å². The van der Waals surface area contributed by atoms with E-state index in [9.17, 15) is 13.2 Å². The molecule has 0 atom stereocenters. The van der Waals surface area contributed by atoms with Gasteiger partial charge in [-0.25, -0.2) is 0 Å². The minimum atomic E-state index is -4.41. The van der Waals surface area contributed by atoms with Crippen LogP contribution in [-0.4, -0.2) is 0 Å². The predicted octanol–water partition coefficient (Wildman–Crippen LogP) is 4.02. The summed E-state index contributed by atoms with van der Waals surface area (Å²) in [5.74, 6) is 2.46. The van der Waals surface area contributed by atoms with E-state index in [4.69, 9.17) is 18.0 Å². The second kappa shape index (κ2) is 3.43.